The number of nitrogens with two attached hydrogens (primary N) is 1. The van der Waals surface area contributed by atoms with E-state index >= 15 is 0 Å². The molecule has 0 saturated carbocycles. The van der Waals surface area contributed by atoms with Gasteiger partial charge in [0.1, 0.15) is 5.75 Å². The zero-order valence-corrected chi connectivity index (χ0v) is 11.3. The second-order valence-corrected chi connectivity index (χ2v) is 4.60. The maximum atomic E-state index is 6.04. The molecule has 6 heteroatoms. The average molecular weight is 282 g/mol. The number of para-hydroxylation sites is 1. The molecule has 0 radical (unpaired) electrons. The summed E-state index contributed by atoms with van der Waals surface area (Å²) in [5, 5.41) is 1.17. The quantitative estimate of drug-likeness (QED) is 0.689. The van der Waals surface area contributed by atoms with E-state index < -0.39 is 0 Å². The lowest BCUT2D eigenvalue weighted by Crippen LogP contribution is -2.03. The normalized spacial score (nSPS) is 10.4. The summed E-state index contributed by atoms with van der Waals surface area (Å²) < 4.78 is 5.70. The van der Waals surface area contributed by atoms with E-state index in [2.05, 4.69) is 9.97 Å². The molecule has 18 heavy (non-hydrogen) atoms. The summed E-state index contributed by atoms with van der Waals surface area (Å²) in [5.74, 6) is 1.00. The predicted octanol–water partition coefficient (Wildman–Crippen LogP) is 3.10. The number of hydrogen-bond acceptors (Lipinski definition) is 5. The maximum Gasteiger partial charge on any atom is 0.227 e. The maximum absolute atomic E-state index is 6.04. The lowest BCUT2D eigenvalue weighted by molar-refractivity contribution is 0.448. The van der Waals surface area contributed by atoms with E-state index in [0.717, 1.165) is 5.56 Å². The van der Waals surface area contributed by atoms with E-state index in [-0.39, 0.29) is 0 Å². The number of benzene rings is 1. The minimum Gasteiger partial charge on any atom is -0.437 e. The van der Waals surface area contributed by atoms with Gasteiger partial charge in [-0.05, 0) is 18.4 Å². The molecule has 0 fully saturated rings. The Morgan fingerprint density at radius 3 is 2.83 bits per heavy atom. The SMILES string of the molecule is CSc1ncc(CN)c(Oc2ccccc2Cl)n1. The van der Waals surface area contributed by atoms with Crippen LogP contribution < -0.4 is 10.5 Å². The second kappa shape index (κ2) is 6.04. The zero-order chi connectivity index (χ0) is 13.0. The van der Waals surface area contributed by atoms with Gasteiger partial charge in [0.15, 0.2) is 5.16 Å². The van der Waals surface area contributed by atoms with E-state index in [1.165, 1.54) is 11.8 Å². The standard InChI is InChI=1S/C12H12ClN3OS/c1-18-12-15-7-8(6-14)11(16-12)17-10-5-3-2-4-9(10)13/h2-5,7H,6,14H2,1H3. The van der Waals surface area contributed by atoms with Gasteiger partial charge in [0, 0.05) is 18.3 Å². The summed E-state index contributed by atoms with van der Waals surface area (Å²) in [6.07, 6.45) is 3.57. The van der Waals surface area contributed by atoms with Crippen molar-refractivity contribution in [2.45, 2.75) is 11.7 Å². The first-order valence-electron chi connectivity index (χ1n) is 5.27. The van der Waals surface area contributed by atoms with Crippen LogP contribution in [0.25, 0.3) is 0 Å². The van der Waals surface area contributed by atoms with Crippen LogP contribution in [0.2, 0.25) is 5.02 Å². The zero-order valence-electron chi connectivity index (χ0n) is 9.76. The first-order chi connectivity index (χ1) is 8.74. The Bertz CT molecular complexity index is 551. The minimum absolute atomic E-state index is 0.314. The van der Waals surface area contributed by atoms with Gasteiger partial charge in [-0.15, -0.1) is 0 Å². The first kappa shape index (κ1) is 13.1. The highest BCUT2D eigenvalue weighted by atomic mass is 35.5. The van der Waals surface area contributed by atoms with Gasteiger partial charge in [0.25, 0.3) is 0 Å². The second-order valence-electron chi connectivity index (χ2n) is 3.42. The van der Waals surface area contributed by atoms with E-state index in [0.29, 0.717) is 28.4 Å². The van der Waals surface area contributed by atoms with Crippen molar-refractivity contribution in [1.29, 1.82) is 0 Å². The molecule has 0 spiro atoms. The molecule has 2 aromatic rings. The predicted molar refractivity (Wildman–Crippen MR) is 73.2 cm³/mol. The van der Waals surface area contributed by atoms with E-state index in [4.69, 9.17) is 22.1 Å². The molecule has 0 aliphatic heterocycles. The Morgan fingerprint density at radius 1 is 1.39 bits per heavy atom. The summed E-state index contributed by atoms with van der Waals surface area (Å²) >= 11 is 7.48. The number of rotatable bonds is 4. The van der Waals surface area contributed by atoms with E-state index in [1.54, 1.807) is 18.3 Å². The summed E-state index contributed by atoms with van der Waals surface area (Å²) in [5.41, 5.74) is 6.38. The molecule has 0 unspecified atom stereocenters. The highest BCUT2D eigenvalue weighted by molar-refractivity contribution is 7.98. The Morgan fingerprint density at radius 2 is 2.17 bits per heavy atom. The Hall–Kier alpha value is -1.30. The van der Waals surface area contributed by atoms with Gasteiger partial charge in [0.2, 0.25) is 5.88 Å². The van der Waals surface area contributed by atoms with Gasteiger partial charge in [-0.25, -0.2) is 4.98 Å². The largest absolute Gasteiger partial charge is 0.437 e. The van der Waals surface area contributed by atoms with Crippen molar-refractivity contribution in [3.05, 3.63) is 41.0 Å². The summed E-state index contributed by atoms with van der Waals surface area (Å²) in [6.45, 7) is 0.314. The average Bonchev–Trinajstić information content (AvgIpc) is 2.41. The summed E-state index contributed by atoms with van der Waals surface area (Å²) in [4.78, 5) is 8.44. The van der Waals surface area contributed by atoms with Crippen LogP contribution in [0.4, 0.5) is 0 Å². The van der Waals surface area contributed by atoms with Crippen molar-refractivity contribution in [3.8, 4) is 11.6 Å². The molecule has 1 aromatic heterocycles. The molecular formula is C12H12ClN3OS. The van der Waals surface area contributed by atoms with Crippen LogP contribution in [0.3, 0.4) is 0 Å². The lowest BCUT2D eigenvalue weighted by atomic mass is 10.3. The van der Waals surface area contributed by atoms with Crippen LogP contribution in [0.1, 0.15) is 5.56 Å². The van der Waals surface area contributed by atoms with Crippen molar-refractivity contribution in [3.63, 3.8) is 0 Å². The van der Waals surface area contributed by atoms with Crippen LogP contribution in [0, 0.1) is 0 Å². The molecule has 1 heterocycles. The highest BCUT2D eigenvalue weighted by Gasteiger charge is 2.10. The number of aromatic nitrogens is 2. The number of hydrogen-bond donors (Lipinski definition) is 1. The lowest BCUT2D eigenvalue weighted by Gasteiger charge is -2.10. The van der Waals surface area contributed by atoms with Gasteiger partial charge in [-0.3, -0.25) is 0 Å². The fraction of sp³-hybridized carbons (Fsp3) is 0.167. The Balaban J connectivity index is 2.35. The molecule has 0 amide bonds. The third-order valence-corrected chi connectivity index (χ3v) is 3.12. The van der Waals surface area contributed by atoms with Crippen molar-refractivity contribution in [2.75, 3.05) is 6.26 Å². The minimum atomic E-state index is 0.314. The monoisotopic (exact) mass is 281 g/mol. The first-order valence-corrected chi connectivity index (χ1v) is 6.87. The summed E-state index contributed by atoms with van der Waals surface area (Å²) in [7, 11) is 0. The third-order valence-electron chi connectivity index (χ3n) is 2.25. The van der Waals surface area contributed by atoms with Crippen molar-refractivity contribution < 1.29 is 4.74 Å². The molecule has 0 aliphatic carbocycles. The molecule has 2 rings (SSSR count). The summed E-state index contributed by atoms with van der Waals surface area (Å²) in [6, 6.07) is 7.23. The molecule has 2 N–H and O–H groups in total. The number of halogens is 1. The highest BCUT2D eigenvalue weighted by Crippen LogP contribution is 2.30. The van der Waals surface area contributed by atoms with Crippen LogP contribution in [-0.4, -0.2) is 16.2 Å². The molecule has 94 valence electrons. The number of thioether (sulfide) groups is 1. The molecule has 0 aliphatic rings. The molecule has 4 nitrogen and oxygen atoms in total. The Kier molecular flexibility index (Phi) is 4.41. The van der Waals surface area contributed by atoms with E-state index in [1.807, 2.05) is 18.4 Å². The Labute approximate surface area is 115 Å². The third kappa shape index (κ3) is 2.93. The van der Waals surface area contributed by atoms with Crippen LogP contribution >= 0.6 is 23.4 Å². The van der Waals surface area contributed by atoms with Crippen molar-refractivity contribution in [2.24, 2.45) is 5.73 Å². The fourth-order valence-corrected chi connectivity index (χ4v) is 1.84. The van der Waals surface area contributed by atoms with Crippen molar-refractivity contribution >= 4 is 23.4 Å². The smallest absolute Gasteiger partial charge is 0.227 e. The van der Waals surface area contributed by atoms with Crippen LogP contribution in [0.15, 0.2) is 35.6 Å². The van der Waals surface area contributed by atoms with Crippen LogP contribution in [0.5, 0.6) is 11.6 Å². The molecule has 0 bridgehead atoms. The number of nitrogens with zero attached hydrogens (tertiary/aromatic N) is 2. The molecule has 0 saturated heterocycles. The fourth-order valence-electron chi connectivity index (χ4n) is 1.33. The molecular weight excluding hydrogens is 270 g/mol. The topological polar surface area (TPSA) is 61.0 Å². The molecule has 1 aromatic carbocycles. The van der Waals surface area contributed by atoms with Crippen molar-refractivity contribution in [1.82, 2.24) is 9.97 Å². The van der Waals surface area contributed by atoms with Gasteiger partial charge < -0.3 is 10.5 Å². The van der Waals surface area contributed by atoms with Gasteiger partial charge in [0.05, 0.1) is 5.02 Å². The van der Waals surface area contributed by atoms with Crippen LogP contribution in [-0.2, 0) is 6.54 Å². The van der Waals surface area contributed by atoms with Gasteiger partial charge in [-0.1, -0.05) is 35.5 Å². The number of ether oxygens (including phenoxy) is 1. The van der Waals surface area contributed by atoms with Gasteiger partial charge >= 0.3 is 0 Å². The van der Waals surface area contributed by atoms with E-state index in [9.17, 15) is 0 Å². The molecule has 0 atom stereocenters. The van der Waals surface area contributed by atoms with Gasteiger partial charge in [-0.2, -0.15) is 4.98 Å².